The first-order valence-corrected chi connectivity index (χ1v) is 11.4. The Balaban J connectivity index is 0.000000320. The van der Waals surface area contributed by atoms with Gasteiger partial charge in [-0.1, -0.05) is 39.8 Å². The molecule has 33 heavy (non-hydrogen) atoms. The molecule has 8 nitrogen and oxygen atoms in total. The molecular weight excluding hydrogens is 505 g/mol. The molecule has 2 saturated carbocycles. The molecule has 8 unspecified atom stereocenters. The van der Waals surface area contributed by atoms with Crippen LogP contribution in [-0.4, -0.2) is 44.3 Å². The number of allylic oxidation sites excluding steroid dienone is 2. The van der Waals surface area contributed by atoms with E-state index in [2.05, 4.69) is 13.8 Å². The fraction of sp³-hybridized carbons (Fsp3) is 0.750. The van der Waals surface area contributed by atoms with E-state index in [4.69, 9.17) is 15.3 Å². The Morgan fingerprint density at radius 2 is 1.36 bits per heavy atom. The van der Waals surface area contributed by atoms with E-state index in [0.717, 1.165) is 19.3 Å². The van der Waals surface area contributed by atoms with E-state index in [-0.39, 0.29) is 50.5 Å². The molecule has 1 radical (unpaired) electrons. The van der Waals surface area contributed by atoms with Gasteiger partial charge in [-0.25, -0.2) is 0 Å². The van der Waals surface area contributed by atoms with Crippen LogP contribution in [-0.2, 0) is 51.9 Å². The number of carbonyl (C=O) groups is 4. The Morgan fingerprint density at radius 3 is 1.79 bits per heavy atom. The smallest absolute Gasteiger partial charge is 0.307 e. The molecule has 8 atom stereocenters. The van der Waals surface area contributed by atoms with Gasteiger partial charge >= 0.3 is 23.9 Å². The van der Waals surface area contributed by atoms with Crippen LogP contribution in [0.15, 0.2) is 12.2 Å². The Labute approximate surface area is 220 Å². The topological polar surface area (TPSA) is 149 Å². The molecule has 9 heteroatoms. The average Bonchev–Trinajstić information content (AvgIpc) is 3.26. The third kappa shape index (κ3) is 6.87. The molecule has 0 spiro atoms. The quantitative estimate of drug-likeness (QED) is 0.357. The van der Waals surface area contributed by atoms with Crippen LogP contribution in [0.2, 0.25) is 0 Å². The van der Waals surface area contributed by atoms with Crippen molar-refractivity contribution < 1.29 is 72.3 Å². The monoisotopic (exact) mass is 541 g/mol. The zero-order valence-corrected chi connectivity index (χ0v) is 22.6. The second-order valence-electron chi connectivity index (χ2n) is 10.3. The summed E-state index contributed by atoms with van der Waals surface area (Å²) >= 11 is 0. The summed E-state index contributed by atoms with van der Waals surface area (Å²) in [4.78, 5) is 44.5. The summed E-state index contributed by atoms with van der Waals surface area (Å²) in [5.74, 6) is -5.55. The summed E-state index contributed by atoms with van der Waals surface area (Å²) in [6.07, 6.45) is 6.38. The third-order valence-electron chi connectivity index (χ3n) is 7.50. The molecule has 0 heterocycles. The molecule has 0 amide bonds. The van der Waals surface area contributed by atoms with Crippen molar-refractivity contribution in [2.75, 3.05) is 0 Å². The standard InChI is InChI=1S/2C12H18O4.Y/c1-5(2)7-3-6-4-8(7)10(12(15)16)9(6)11(13)14;1-7(2)6-8-4-3-5-9(11(13)14)10(8)12(15)16;/h5-10H,3-4H2,1-2H3,(H,13,14)(H,15,16);3-4,7-10H,5-6H2,1-2H3,(H,13,14)(H,15,16);. The molecule has 0 saturated heterocycles. The van der Waals surface area contributed by atoms with Gasteiger partial charge < -0.3 is 20.4 Å². The van der Waals surface area contributed by atoms with Gasteiger partial charge in [0.05, 0.1) is 23.7 Å². The maximum absolute atomic E-state index is 11.2. The largest absolute Gasteiger partial charge is 0.481 e. The normalized spacial score (nSPS) is 34.4. The predicted octanol–water partition coefficient (Wildman–Crippen LogP) is 3.71. The predicted molar refractivity (Wildman–Crippen MR) is 116 cm³/mol. The maximum Gasteiger partial charge on any atom is 0.307 e. The van der Waals surface area contributed by atoms with Gasteiger partial charge in [-0.2, -0.15) is 0 Å². The van der Waals surface area contributed by atoms with Crippen LogP contribution in [0.25, 0.3) is 0 Å². The Hall–Kier alpha value is -1.28. The summed E-state index contributed by atoms with van der Waals surface area (Å²) in [7, 11) is 0. The summed E-state index contributed by atoms with van der Waals surface area (Å²) in [6.45, 7) is 8.22. The first-order valence-electron chi connectivity index (χ1n) is 11.4. The first kappa shape index (κ1) is 29.8. The van der Waals surface area contributed by atoms with Crippen molar-refractivity contribution in [3.63, 3.8) is 0 Å². The van der Waals surface area contributed by atoms with Gasteiger partial charge in [0.2, 0.25) is 0 Å². The van der Waals surface area contributed by atoms with Crippen LogP contribution in [0.3, 0.4) is 0 Å². The Morgan fingerprint density at radius 1 is 0.818 bits per heavy atom. The Bertz CT molecular complexity index is 762. The van der Waals surface area contributed by atoms with Gasteiger partial charge in [-0.3, -0.25) is 19.2 Å². The number of hydrogen-bond donors (Lipinski definition) is 4. The van der Waals surface area contributed by atoms with Crippen LogP contribution in [0, 0.1) is 59.2 Å². The third-order valence-corrected chi connectivity index (χ3v) is 7.50. The van der Waals surface area contributed by atoms with Gasteiger partial charge in [-0.15, -0.1) is 0 Å². The molecule has 0 aliphatic heterocycles. The molecule has 2 fully saturated rings. The summed E-state index contributed by atoms with van der Waals surface area (Å²) in [5, 5.41) is 36.5. The van der Waals surface area contributed by atoms with Crippen molar-refractivity contribution in [2.24, 2.45) is 59.2 Å². The molecule has 0 aromatic rings. The fourth-order valence-electron chi connectivity index (χ4n) is 6.21. The van der Waals surface area contributed by atoms with Crippen LogP contribution < -0.4 is 0 Å². The number of rotatable bonds is 7. The molecule has 183 valence electrons. The Kier molecular flexibility index (Phi) is 11.2. The minimum atomic E-state index is -1.01. The molecule has 4 N–H and O–H groups in total. The van der Waals surface area contributed by atoms with Crippen LogP contribution >= 0.6 is 0 Å². The summed E-state index contributed by atoms with van der Waals surface area (Å²) in [6, 6.07) is 0. The number of carboxylic acid groups (broad SMARTS) is 4. The van der Waals surface area contributed by atoms with Gasteiger partial charge in [0.25, 0.3) is 0 Å². The average molecular weight is 541 g/mol. The van der Waals surface area contributed by atoms with E-state index in [1.54, 1.807) is 6.08 Å². The van der Waals surface area contributed by atoms with Crippen molar-refractivity contribution in [3.8, 4) is 0 Å². The summed E-state index contributed by atoms with van der Waals surface area (Å²) in [5.41, 5.74) is 0. The van der Waals surface area contributed by atoms with Crippen molar-refractivity contribution >= 4 is 23.9 Å². The number of fused-ring (bicyclic) bond motifs is 2. The van der Waals surface area contributed by atoms with Gasteiger partial charge in [0, 0.05) is 32.7 Å². The second-order valence-corrected chi connectivity index (χ2v) is 10.3. The van der Waals surface area contributed by atoms with Crippen LogP contribution in [0.4, 0.5) is 0 Å². The molecule has 0 aromatic heterocycles. The molecule has 0 aromatic carbocycles. The fourth-order valence-corrected chi connectivity index (χ4v) is 6.21. The second kappa shape index (κ2) is 12.4. The molecule has 3 aliphatic carbocycles. The molecule has 3 aliphatic rings. The zero-order valence-electron chi connectivity index (χ0n) is 19.8. The number of carboxylic acids is 4. The molecule has 2 bridgehead atoms. The van der Waals surface area contributed by atoms with Crippen molar-refractivity contribution in [1.82, 2.24) is 0 Å². The maximum atomic E-state index is 11.2. The van der Waals surface area contributed by atoms with E-state index < -0.39 is 47.5 Å². The van der Waals surface area contributed by atoms with Crippen molar-refractivity contribution in [3.05, 3.63) is 12.2 Å². The number of hydrogen-bond acceptors (Lipinski definition) is 4. The van der Waals surface area contributed by atoms with Gasteiger partial charge in [-0.05, 0) is 61.2 Å². The zero-order chi connectivity index (χ0) is 24.3. The van der Waals surface area contributed by atoms with Crippen molar-refractivity contribution in [1.29, 1.82) is 0 Å². The van der Waals surface area contributed by atoms with E-state index in [9.17, 15) is 24.3 Å². The van der Waals surface area contributed by atoms with Crippen LogP contribution in [0.1, 0.15) is 53.4 Å². The molecule has 3 rings (SSSR count). The van der Waals surface area contributed by atoms with Crippen molar-refractivity contribution in [2.45, 2.75) is 53.4 Å². The van der Waals surface area contributed by atoms with Gasteiger partial charge in [0.15, 0.2) is 0 Å². The summed E-state index contributed by atoms with van der Waals surface area (Å²) < 4.78 is 0. The number of aliphatic carboxylic acids is 4. The molecular formula is C24H36O8Y. The van der Waals surface area contributed by atoms with E-state index in [1.807, 2.05) is 19.9 Å². The van der Waals surface area contributed by atoms with E-state index in [0.29, 0.717) is 24.2 Å². The minimum Gasteiger partial charge on any atom is -0.481 e. The van der Waals surface area contributed by atoms with Crippen LogP contribution in [0.5, 0.6) is 0 Å². The van der Waals surface area contributed by atoms with Gasteiger partial charge in [0.1, 0.15) is 0 Å². The first-order chi connectivity index (χ1) is 14.9. The SMILES string of the molecule is CC(C)C1CC2CC1C(C(=O)O)C2C(=O)O.CC(C)CC1C=CCC(C(=O)O)C1C(=O)O.[Y]. The minimum absolute atomic E-state index is 0. The van der Waals surface area contributed by atoms with E-state index >= 15 is 0 Å². The van der Waals surface area contributed by atoms with E-state index in [1.165, 1.54) is 0 Å².